The molecule has 0 radical (unpaired) electrons. The fourth-order valence-electron chi connectivity index (χ4n) is 0.664. The largest absolute Gasteiger partial charge is 0.230 e. The second-order valence-corrected chi connectivity index (χ2v) is 5.03. The van der Waals surface area contributed by atoms with Crippen LogP contribution in [-0.4, -0.2) is 15.2 Å². The first kappa shape index (κ1) is 10.8. The molecule has 1 atom stereocenters. The number of nitrogens with zero attached hydrogens (tertiary/aromatic N) is 2. The smallest absolute Gasteiger partial charge is 0.187 e. The molecule has 2 nitrogen and oxygen atoms in total. The minimum Gasteiger partial charge on any atom is -0.230 e. The van der Waals surface area contributed by atoms with Gasteiger partial charge >= 0.3 is 0 Å². The van der Waals surface area contributed by atoms with E-state index in [1.807, 2.05) is 0 Å². The van der Waals surface area contributed by atoms with Crippen molar-refractivity contribution < 1.29 is 0 Å². The first-order valence-corrected chi connectivity index (χ1v) is 5.49. The van der Waals surface area contributed by atoms with Gasteiger partial charge in [0.1, 0.15) is 0 Å². The quantitative estimate of drug-likeness (QED) is 0.573. The van der Waals surface area contributed by atoms with Gasteiger partial charge in [0.2, 0.25) is 0 Å². The number of aromatic nitrogens is 2. The minimum atomic E-state index is 0.529. The van der Waals surface area contributed by atoms with E-state index < -0.39 is 0 Å². The van der Waals surface area contributed by atoms with Crippen molar-refractivity contribution in [3.8, 4) is 0 Å². The summed E-state index contributed by atoms with van der Waals surface area (Å²) >= 11 is 7.36. The third-order valence-corrected chi connectivity index (χ3v) is 3.36. The molecule has 13 heavy (non-hydrogen) atoms. The number of hydrogen-bond donors (Lipinski definition) is 0. The number of rotatable bonds is 3. The lowest BCUT2D eigenvalue weighted by Gasteiger charge is -2.12. The molecule has 4 heteroatoms. The Balaban J connectivity index is 2.59. The Morgan fingerprint density at radius 1 is 1.23 bits per heavy atom. The van der Waals surface area contributed by atoms with Gasteiger partial charge in [-0.3, -0.25) is 0 Å². The van der Waals surface area contributed by atoms with Gasteiger partial charge in [0, 0.05) is 5.25 Å². The first-order chi connectivity index (χ1) is 6.09. The molecule has 1 aromatic rings. The Labute approximate surface area is 88.1 Å². The monoisotopic (exact) mass is 216 g/mol. The number of halogens is 1. The Bertz CT molecular complexity index is 261. The van der Waals surface area contributed by atoms with Crippen molar-refractivity contribution in [1.82, 2.24) is 9.97 Å². The van der Waals surface area contributed by atoms with Crippen molar-refractivity contribution in [2.75, 3.05) is 0 Å². The maximum atomic E-state index is 5.68. The van der Waals surface area contributed by atoms with E-state index in [9.17, 15) is 0 Å². The normalized spacial score (nSPS) is 13.3. The molecule has 0 N–H and O–H groups in total. The van der Waals surface area contributed by atoms with E-state index >= 15 is 0 Å². The van der Waals surface area contributed by atoms with Crippen molar-refractivity contribution in [2.24, 2.45) is 5.92 Å². The Morgan fingerprint density at radius 3 is 2.23 bits per heavy atom. The van der Waals surface area contributed by atoms with Gasteiger partial charge in [0.15, 0.2) is 5.16 Å². The van der Waals surface area contributed by atoms with Crippen LogP contribution in [0, 0.1) is 5.92 Å². The van der Waals surface area contributed by atoms with Crippen LogP contribution < -0.4 is 0 Å². The van der Waals surface area contributed by atoms with Crippen LogP contribution in [0.4, 0.5) is 0 Å². The molecule has 0 fully saturated rings. The highest BCUT2D eigenvalue weighted by Gasteiger charge is 2.10. The van der Waals surface area contributed by atoms with Gasteiger partial charge in [0.05, 0.1) is 17.4 Å². The SMILES string of the molecule is CC(C)C(C)Sc1ncc(Cl)cn1. The van der Waals surface area contributed by atoms with Crippen LogP contribution in [0.5, 0.6) is 0 Å². The van der Waals surface area contributed by atoms with E-state index in [2.05, 4.69) is 30.7 Å². The fourth-order valence-corrected chi connectivity index (χ4v) is 1.59. The molecule has 0 aliphatic rings. The maximum Gasteiger partial charge on any atom is 0.187 e. The first-order valence-electron chi connectivity index (χ1n) is 4.24. The molecule has 0 saturated carbocycles. The standard InChI is InChI=1S/C9H13ClN2S/c1-6(2)7(3)13-9-11-4-8(10)5-12-9/h4-7H,1-3H3. The third kappa shape index (κ3) is 3.53. The lowest BCUT2D eigenvalue weighted by atomic mass is 10.2. The van der Waals surface area contributed by atoms with Gasteiger partial charge in [-0.2, -0.15) is 0 Å². The van der Waals surface area contributed by atoms with E-state index in [1.54, 1.807) is 24.2 Å². The molecule has 0 amide bonds. The van der Waals surface area contributed by atoms with Crippen molar-refractivity contribution in [2.45, 2.75) is 31.2 Å². The second kappa shape index (κ2) is 4.82. The molecule has 0 aromatic carbocycles. The maximum absolute atomic E-state index is 5.68. The van der Waals surface area contributed by atoms with Gasteiger partial charge in [0.25, 0.3) is 0 Å². The molecule has 0 aliphatic carbocycles. The summed E-state index contributed by atoms with van der Waals surface area (Å²) in [5, 5.41) is 1.91. The molecule has 0 spiro atoms. The summed E-state index contributed by atoms with van der Waals surface area (Å²) in [4.78, 5) is 8.24. The highest BCUT2D eigenvalue weighted by atomic mass is 35.5. The zero-order valence-electron chi connectivity index (χ0n) is 7.99. The van der Waals surface area contributed by atoms with E-state index in [0.29, 0.717) is 16.2 Å². The van der Waals surface area contributed by atoms with Crippen LogP contribution >= 0.6 is 23.4 Å². The van der Waals surface area contributed by atoms with Crippen molar-refractivity contribution in [3.63, 3.8) is 0 Å². The van der Waals surface area contributed by atoms with E-state index in [1.165, 1.54) is 0 Å². The Kier molecular flexibility index (Phi) is 4.00. The van der Waals surface area contributed by atoms with E-state index in [0.717, 1.165) is 5.16 Å². The van der Waals surface area contributed by atoms with E-state index in [-0.39, 0.29) is 0 Å². The molecular formula is C9H13ClN2S. The molecule has 0 saturated heterocycles. The number of thioether (sulfide) groups is 1. The minimum absolute atomic E-state index is 0.529. The topological polar surface area (TPSA) is 25.8 Å². The average molecular weight is 217 g/mol. The lowest BCUT2D eigenvalue weighted by Crippen LogP contribution is -2.06. The molecule has 1 rings (SSSR count). The van der Waals surface area contributed by atoms with Crippen molar-refractivity contribution in [1.29, 1.82) is 0 Å². The highest BCUT2D eigenvalue weighted by Crippen LogP contribution is 2.24. The second-order valence-electron chi connectivity index (χ2n) is 3.25. The highest BCUT2D eigenvalue weighted by molar-refractivity contribution is 7.99. The molecule has 0 bridgehead atoms. The summed E-state index contributed by atoms with van der Waals surface area (Å²) in [7, 11) is 0. The lowest BCUT2D eigenvalue weighted by molar-refractivity contribution is 0.640. The number of hydrogen-bond acceptors (Lipinski definition) is 3. The summed E-state index contributed by atoms with van der Waals surface area (Å²) in [5.41, 5.74) is 0. The summed E-state index contributed by atoms with van der Waals surface area (Å²) in [5.74, 6) is 0.629. The van der Waals surface area contributed by atoms with Crippen molar-refractivity contribution in [3.05, 3.63) is 17.4 Å². The van der Waals surface area contributed by atoms with E-state index in [4.69, 9.17) is 11.6 Å². The summed E-state index contributed by atoms with van der Waals surface area (Å²) in [6.45, 7) is 6.55. The van der Waals surface area contributed by atoms with Crippen LogP contribution in [-0.2, 0) is 0 Å². The van der Waals surface area contributed by atoms with Crippen LogP contribution in [0.25, 0.3) is 0 Å². The summed E-state index contributed by atoms with van der Waals surface area (Å²) in [6, 6.07) is 0. The summed E-state index contributed by atoms with van der Waals surface area (Å²) in [6.07, 6.45) is 3.26. The predicted molar refractivity (Wildman–Crippen MR) is 57.2 cm³/mol. The van der Waals surface area contributed by atoms with Gasteiger partial charge in [-0.05, 0) is 5.92 Å². The van der Waals surface area contributed by atoms with Crippen LogP contribution in [0.2, 0.25) is 5.02 Å². The van der Waals surface area contributed by atoms with Crippen LogP contribution in [0.1, 0.15) is 20.8 Å². The molecule has 1 heterocycles. The Morgan fingerprint density at radius 2 is 1.77 bits per heavy atom. The molecule has 72 valence electrons. The van der Waals surface area contributed by atoms with Crippen molar-refractivity contribution >= 4 is 23.4 Å². The zero-order valence-corrected chi connectivity index (χ0v) is 9.56. The fraction of sp³-hybridized carbons (Fsp3) is 0.556. The van der Waals surface area contributed by atoms with Crippen LogP contribution in [0.3, 0.4) is 0 Å². The molecule has 0 aliphatic heterocycles. The third-order valence-electron chi connectivity index (χ3n) is 1.83. The van der Waals surface area contributed by atoms with Gasteiger partial charge in [-0.25, -0.2) is 9.97 Å². The van der Waals surface area contributed by atoms with Gasteiger partial charge in [-0.15, -0.1) is 0 Å². The molecular weight excluding hydrogens is 204 g/mol. The summed E-state index contributed by atoms with van der Waals surface area (Å²) < 4.78 is 0. The Hall–Kier alpha value is -0.280. The van der Waals surface area contributed by atoms with Gasteiger partial charge < -0.3 is 0 Å². The average Bonchev–Trinajstić information content (AvgIpc) is 2.08. The molecule has 1 aromatic heterocycles. The molecule has 1 unspecified atom stereocenters. The zero-order chi connectivity index (χ0) is 9.84. The van der Waals surface area contributed by atoms with Crippen LogP contribution in [0.15, 0.2) is 17.6 Å². The predicted octanol–water partition coefficient (Wildman–Crippen LogP) is 3.27. The van der Waals surface area contributed by atoms with Gasteiger partial charge in [-0.1, -0.05) is 44.1 Å².